The highest BCUT2D eigenvalue weighted by atomic mass is 16.5. The molecule has 2 aromatic carbocycles. The minimum absolute atomic E-state index is 0.233. The Morgan fingerprint density at radius 1 is 1.00 bits per heavy atom. The van der Waals surface area contributed by atoms with Gasteiger partial charge in [-0.3, -0.25) is 0 Å². The summed E-state index contributed by atoms with van der Waals surface area (Å²) >= 11 is 0. The van der Waals surface area contributed by atoms with Crippen molar-refractivity contribution in [2.45, 2.75) is 6.92 Å². The molecule has 0 unspecified atom stereocenters. The molecule has 0 aliphatic carbocycles. The molecule has 0 atom stereocenters. The van der Waals surface area contributed by atoms with E-state index in [1.807, 2.05) is 37.3 Å². The van der Waals surface area contributed by atoms with Gasteiger partial charge in [0, 0.05) is 11.9 Å². The second-order valence-electron chi connectivity index (χ2n) is 4.28. The Morgan fingerprint density at radius 2 is 1.84 bits per heavy atom. The maximum absolute atomic E-state index is 9.48. The molecule has 0 amide bonds. The fraction of sp³-hybridized carbons (Fsp3) is 0.0667. The zero-order valence-electron chi connectivity index (χ0n) is 10.4. The van der Waals surface area contributed by atoms with Gasteiger partial charge in [-0.15, -0.1) is 0 Å². The number of phenolic OH excluding ortho intramolecular Hbond substituents is 1. The maximum Gasteiger partial charge on any atom is 0.322 e. The Labute approximate surface area is 110 Å². The van der Waals surface area contributed by atoms with E-state index in [0.29, 0.717) is 11.8 Å². The molecule has 0 aliphatic rings. The van der Waals surface area contributed by atoms with E-state index in [1.165, 1.54) is 0 Å². The summed E-state index contributed by atoms with van der Waals surface area (Å²) in [4.78, 5) is 8.23. The van der Waals surface area contributed by atoms with Gasteiger partial charge in [0.05, 0.1) is 0 Å². The van der Waals surface area contributed by atoms with Crippen LogP contribution in [0.3, 0.4) is 0 Å². The summed E-state index contributed by atoms with van der Waals surface area (Å²) in [6.07, 6.45) is 1.66. The largest absolute Gasteiger partial charge is 0.508 e. The van der Waals surface area contributed by atoms with Gasteiger partial charge in [-0.05, 0) is 48.0 Å². The van der Waals surface area contributed by atoms with Gasteiger partial charge in [-0.25, -0.2) is 9.97 Å². The highest BCUT2D eigenvalue weighted by Gasteiger charge is 2.02. The van der Waals surface area contributed by atoms with Crippen LogP contribution in [0.15, 0.2) is 48.7 Å². The van der Waals surface area contributed by atoms with E-state index in [-0.39, 0.29) is 5.75 Å². The van der Waals surface area contributed by atoms with Crippen LogP contribution < -0.4 is 4.74 Å². The Morgan fingerprint density at radius 3 is 2.68 bits per heavy atom. The molecule has 3 aromatic rings. The predicted molar refractivity (Wildman–Crippen MR) is 72.5 cm³/mol. The van der Waals surface area contributed by atoms with Gasteiger partial charge in [0.1, 0.15) is 11.5 Å². The first-order valence-electron chi connectivity index (χ1n) is 5.91. The molecule has 0 radical (unpaired) electrons. The minimum Gasteiger partial charge on any atom is -0.508 e. The Kier molecular flexibility index (Phi) is 2.76. The number of ether oxygens (including phenoxy) is 1. The second-order valence-corrected chi connectivity index (χ2v) is 4.28. The van der Waals surface area contributed by atoms with Crippen molar-refractivity contribution >= 4 is 10.8 Å². The minimum atomic E-state index is 0.233. The molecule has 0 spiro atoms. The average molecular weight is 252 g/mol. The van der Waals surface area contributed by atoms with E-state index >= 15 is 0 Å². The number of hydrogen-bond acceptors (Lipinski definition) is 4. The second kappa shape index (κ2) is 4.57. The molecule has 1 N–H and O–H groups in total. The van der Waals surface area contributed by atoms with Crippen molar-refractivity contribution in [2.24, 2.45) is 0 Å². The lowest BCUT2D eigenvalue weighted by atomic mass is 10.1. The number of phenols is 1. The molecule has 0 fully saturated rings. The van der Waals surface area contributed by atoms with Crippen molar-refractivity contribution in [1.29, 1.82) is 0 Å². The molecule has 0 aliphatic heterocycles. The lowest BCUT2D eigenvalue weighted by molar-refractivity contribution is 0.441. The first-order valence-corrected chi connectivity index (χ1v) is 5.91. The van der Waals surface area contributed by atoms with Crippen molar-refractivity contribution in [1.82, 2.24) is 9.97 Å². The van der Waals surface area contributed by atoms with E-state index in [2.05, 4.69) is 9.97 Å². The van der Waals surface area contributed by atoms with E-state index < -0.39 is 0 Å². The van der Waals surface area contributed by atoms with Crippen LogP contribution in [0.1, 0.15) is 5.69 Å². The topological polar surface area (TPSA) is 55.2 Å². The summed E-state index contributed by atoms with van der Waals surface area (Å²) in [6.45, 7) is 1.88. The van der Waals surface area contributed by atoms with E-state index in [1.54, 1.807) is 18.3 Å². The van der Waals surface area contributed by atoms with E-state index in [0.717, 1.165) is 16.5 Å². The number of hydrogen-bond donors (Lipinski definition) is 1. The van der Waals surface area contributed by atoms with Crippen molar-refractivity contribution in [3.05, 3.63) is 54.4 Å². The Bertz CT molecular complexity index is 741. The zero-order valence-corrected chi connectivity index (χ0v) is 10.4. The van der Waals surface area contributed by atoms with Crippen LogP contribution in [0.4, 0.5) is 0 Å². The third-order valence-electron chi connectivity index (χ3n) is 2.78. The predicted octanol–water partition coefficient (Wildman–Crippen LogP) is 3.44. The Hall–Kier alpha value is -2.62. The molecule has 4 heteroatoms. The Balaban J connectivity index is 1.97. The van der Waals surface area contributed by atoms with Crippen molar-refractivity contribution in [3.63, 3.8) is 0 Å². The van der Waals surface area contributed by atoms with Gasteiger partial charge >= 0.3 is 6.01 Å². The smallest absolute Gasteiger partial charge is 0.322 e. The molecule has 0 bridgehead atoms. The molecule has 0 saturated carbocycles. The highest BCUT2D eigenvalue weighted by molar-refractivity contribution is 5.85. The normalized spacial score (nSPS) is 10.6. The molecule has 19 heavy (non-hydrogen) atoms. The number of aryl methyl sites for hydroxylation is 1. The third kappa shape index (κ3) is 2.47. The fourth-order valence-electron chi connectivity index (χ4n) is 1.86. The van der Waals surface area contributed by atoms with Gasteiger partial charge in [-0.1, -0.05) is 12.1 Å². The van der Waals surface area contributed by atoms with Gasteiger partial charge in [-0.2, -0.15) is 0 Å². The summed E-state index contributed by atoms with van der Waals surface area (Å²) in [5.74, 6) is 0.875. The van der Waals surface area contributed by atoms with Crippen LogP contribution in [0, 0.1) is 6.92 Å². The van der Waals surface area contributed by atoms with E-state index in [9.17, 15) is 5.11 Å². The summed E-state index contributed by atoms with van der Waals surface area (Å²) in [7, 11) is 0. The summed E-state index contributed by atoms with van der Waals surface area (Å²) in [5, 5.41) is 11.4. The SMILES string of the molecule is Cc1ccnc(Oc2ccc3ccc(O)cc3c2)n1. The lowest BCUT2D eigenvalue weighted by Gasteiger charge is -2.05. The lowest BCUT2D eigenvalue weighted by Crippen LogP contribution is -1.92. The number of rotatable bonds is 2. The quantitative estimate of drug-likeness (QED) is 0.759. The van der Waals surface area contributed by atoms with Gasteiger partial charge in [0.25, 0.3) is 0 Å². The molecule has 3 rings (SSSR count). The number of fused-ring (bicyclic) bond motifs is 1. The van der Waals surface area contributed by atoms with Crippen LogP contribution in [0.25, 0.3) is 10.8 Å². The zero-order chi connectivity index (χ0) is 13.2. The summed E-state index contributed by atoms with van der Waals surface area (Å²) in [5.41, 5.74) is 0.850. The molecular weight excluding hydrogens is 240 g/mol. The molecule has 0 saturated heterocycles. The third-order valence-corrected chi connectivity index (χ3v) is 2.78. The molecular formula is C15H12N2O2. The molecule has 4 nitrogen and oxygen atoms in total. The summed E-state index contributed by atoms with van der Waals surface area (Å²) < 4.78 is 5.60. The van der Waals surface area contributed by atoms with Crippen LogP contribution >= 0.6 is 0 Å². The van der Waals surface area contributed by atoms with Crippen molar-refractivity contribution < 1.29 is 9.84 Å². The van der Waals surface area contributed by atoms with E-state index in [4.69, 9.17) is 4.74 Å². The highest BCUT2D eigenvalue weighted by Crippen LogP contribution is 2.26. The number of aromatic nitrogens is 2. The standard InChI is InChI=1S/C15H12N2O2/c1-10-6-7-16-15(17-10)19-14-5-3-11-2-4-13(18)8-12(11)9-14/h2-9,18H,1H3. The fourth-order valence-corrected chi connectivity index (χ4v) is 1.86. The van der Waals surface area contributed by atoms with Gasteiger partial charge in [0.15, 0.2) is 0 Å². The van der Waals surface area contributed by atoms with Crippen LogP contribution in [-0.4, -0.2) is 15.1 Å². The van der Waals surface area contributed by atoms with Gasteiger partial charge < -0.3 is 9.84 Å². The van der Waals surface area contributed by atoms with Crippen LogP contribution in [-0.2, 0) is 0 Å². The first kappa shape index (κ1) is 11.5. The molecule has 94 valence electrons. The average Bonchev–Trinajstić information content (AvgIpc) is 2.38. The molecule has 1 aromatic heterocycles. The number of aromatic hydroxyl groups is 1. The van der Waals surface area contributed by atoms with Gasteiger partial charge in [0.2, 0.25) is 0 Å². The number of benzene rings is 2. The first-order chi connectivity index (χ1) is 9.20. The number of nitrogens with zero attached hydrogens (tertiary/aromatic N) is 2. The van der Waals surface area contributed by atoms with Crippen LogP contribution in [0.5, 0.6) is 17.5 Å². The monoisotopic (exact) mass is 252 g/mol. The maximum atomic E-state index is 9.48. The van der Waals surface area contributed by atoms with Crippen LogP contribution in [0.2, 0.25) is 0 Å². The molecule has 1 heterocycles. The summed E-state index contributed by atoms with van der Waals surface area (Å²) in [6, 6.07) is 13.0. The van der Waals surface area contributed by atoms with Crippen molar-refractivity contribution in [3.8, 4) is 17.5 Å². The van der Waals surface area contributed by atoms with Crippen molar-refractivity contribution in [2.75, 3.05) is 0 Å².